The molecule has 26 heteroatoms. The Bertz CT molecular complexity index is 666. The summed E-state index contributed by atoms with van der Waals surface area (Å²) >= 11 is 0. The zero-order chi connectivity index (χ0) is 36.8. The lowest BCUT2D eigenvalue weighted by atomic mass is 10.3. The molecule has 294 valence electrons. The maximum atomic E-state index is 9.93. The second-order valence-electron chi connectivity index (χ2n) is 8.15. The molecule has 0 radical (unpaired) electrons. The van der Waals surface area contributed by atoms with Crippen LogP contribution in [0.3, 0.4) is 0 Å². The molecule has 0 bridgehead atoms. The van der Waals surface area contributed by atoms with Gasteiger partial charge in [-0.3, -0.25) is 27.4 Å². The van der Waals surface area contributed by atoms with Gasteiger partial charge in [0, 0.05) is 0 Å². The average molecular weight is 847 g/mol. The van der Waals surface area contributed by atoms with Crippen LogP contribution in [-0.2, 0) is 54.5 Å². The van der Waals surface area contributed by atoms with Crippen LogP contribution >= 0.6 is 49.5 Å². The molecule has 9 atom stereocenters. The van der Waals surface area contributed by atoms with E-state index in [-0.39, 0.29) is 53.0 Å². The molecular weight excluding hydrogens is 780 g/mol. The minimum atomic E-state index is -2.70. The van der Waals surface area contributed by atoms with E-state index in [1.165, 1.54) is 0 Å². The molecule has 0 aromatic heterocycles. The molecule has 18 nitrogen and oxygen atoms in total. The zero-order valence-corrected chi connectivity index (χ0v) is 33.7. The molecule has 0 amide bonds. The summed E-state index contributed by atoms with van der Waals surface area (Å²) in [6.07, 6.45) is 4.42. The lowest BCUT2D eigenvalue weighted by Crippen LogP contribution is -1.98. The van der Waals surface area contributed by atoms with Crippen LogP contribution in [-0.4, -0.2) is 102 Å². The van der Waals surface area contributed by atoms with Gasteiger partial charge < -0.3 is 56.5 Å². The van der Waals surface area contributed by atoms with Crippen molar-refractivity contribution in [1.82, 2.24) is 0 Å². The van der Waals surface area contributed by atoms with Crippen LogP contribution in [0.4, 0.5) is 0 Å². The fourth-order valence-electron chi connectivity index (χ4n) is 1.33. The van der Waals surface area contributed by atoms with Gasteiger partial charge in [0.15, 0.2) is 34.7 Å². The largest absolute Gasteiger partial charge is 0.326 e. The first-order chi connectivity index (χ1) is 20.8. The van der Waals surface area contributed by atoms with Crippen molar-refractivity contribution in [2.75, 3.05) is 19.8 Å². The Hall–Kier alpha value is 1.96. The van der Waals surface area contributed by atoms with Crippen LogP contribution in [0.15, 0.2) is 0 Å². The van der Waals surface area contributed by atoms with E-state index < -0.39 is 49.5 Å². The Kier molecular flexibility index (Phi) is 78.2. The second-order valence-corrected chi connectivity index (χ2v) is 12.9. The molecule has 0 saturated carbocycles. The van der Waals surface area contributed by atoms with E-state index in [2.05, 4.69) is 27.1 Å². The Morgan fingerprint density at radius 1 is 0.404 bits per heavy atom. The lowest BCUT2D eigenvalue weighted by Gasteiger charge is -2.04. The summed E-state index contributed by atoms with van der Waals surface area (Å²) in [5.74, 6) is 0. The summed E-state index contributed by atoms with van der Waals surface area (Å²) in [5, 5.41) is 0. The molecule has 0 aliphatic heterocycles. The van der Waals surface area contributed by atoms with Crippen LogP contribution in [0.2, 0.25) is 0 Å². The molecule has 0 rings (SSSR count). The predicted molar refractivity (Wildman–Crippen MR) is 198 cm³/mol. The second kappa shape index (κ2) is 54.7. The highest BCUT2D eigenvalue weighted by Crippen LogP contribution is 2.20. The molecule has 0 spiro atoms. The van der Waals surface area contributed by atoms with Gasteiger partial charge in [0.05, 0.1) is 38.1 Å². The van der Waals surface area contributed by atoms with Gasteiger partial charge in [-0.2, -0.15) is 0 Å². The standard InChI is InChI=1S/3C4H11O3P.3C3H9O3P.2Al.6H/c3*1-3-4(2)7-8(5)6;3*1-2-3-6-7(4)5;;;;;;;;/h3*4,8H,3H2,1-2H3,(H,5,6);3*7H,2-3H2,1H3,(H,4,5);;;;;;;;. The van der Waals surface area contributed by atoms with E-state index in [4.69, 9.17) is 29.4 Å². The molecule has 0 aromatic carbocycles. The van der Waals surface area contributed by atoms with Gasteiger partial charge in [-0.05, 0) is 59.3 Å². The lowest BCUT2D eigenvalue weighted by molar-refractivity contribution is 0.201. The maximum Gasteiger partial charge on any atom is 0.316 e. The first kappa shape index (κ1) is 67.1. The molecule has 47 heavy (non-hydrogen) atoms. The quantitative estimate of drug-likeness (QED) is 0.0849. The topological polar surface area (TPSA) is 279 Å². The third-order valence-corrected chi connectivity index (χ3v) is 7.08. The van der Waals surface area contributed by atoms with E-state index in [0.29, 0.717) is 19.8 Å². The summed E-state index contributed by atoms with van der Waals surface area (Å²) in [5.41, 5.74) is 0. The highest BCUT2D eigenvalue weighted by atomic mass is 31.1. The van der Waals surface area contributed by atoms with Crippen molar-refractivity contribution in [2.24, 2.45) is 0 Å². The minimum Gasteiger partial charge on any atom is -0.326 e. The van der Waals surface area contributed by atoms with Crippen LogP contribution < -0.4 is 0 Å². The van der Waals surface area contributed by atoms with Crippen molar-refractivity contribution < 1.29 is 83.9 Å². The first-order valence-electron chi connectivity index (χ1n) is 14.1. The molecule has 0 saturated heterocycles. The third kappa shape index (κ3) is 99.2. The Morgan fingerprint density at radius 3 is 0.617 bits per heavy atom. The SMILES string of the molecule is CCC(C)O[PH](=O)O.CCC(C)O[PH](=O)O.CCC(C)O[PH](=O)O.CCCO[PH](=O)O.CCCO[PH](=O)O.CCCO[PH](=O)O.[AlH3].[AlH3]. The number of hydrogen-bond donors (Lipinski definition) is 6. The summed E-state index contributed by atoms with van der Waals surface area (Å²) in [6, 6.07) is 0. The molecule has 0 aromatic rings. The van der Waals surface area contributed by atoms with Crippen molar-refractivity contribution >= 4 is 84.3 Å². The highest BCUT2D eigenvalue weighted by molar-refractivity contribution is 7.33. The van der Waals surface area contributed by atoms with Crippen LogP contribution in [0.25, 0.3) is 0 Å². The number of hydrogen-bond acceptors (Lipinski definition) is 12. The summed E-state index contributed by atoms with van der Waals surface area (Å²) < 4.78 is 85.3. The van der Waals surface area contributed by atoms with E-state index in [9.17, 15) is 27.4 Å². The first-order valence-corrected chi connectivity index (χ1v) is 21.6. The van der Waals surface area contributed by atoms with Crippen LogP contribution in [0, 0.1) is 0 Å². The number of rotatable bonds is 18. The molecular formula is C21H66Al2O18P6. The minimum absolute atomic E-state index is 0. The van der Waals surface area contributed by atoms with Crippen molar-refractivity contribution in [3.05, 3.63) is 0 Å². The van der Waals surface area contributed by atoms with E-state index in [1.54, 1.807) is 20.8 Å². The monoisotopic (exact) mass is 846 g/mol. The molecule has 0 aliphatic carbocycles. The van der Waals surface area contributed by atoms with Gasteiger partial charge in [-0.25, -0.2) is 0 Å². The van der Waals surface area contributed by atoms with Crippen molar-refractivity contribution in [3.63, 3.8) is 0 Å². The Morgan fingerprint density at radius 2 is 0.574 bits per heavy atom. The third-order valence-electron chi connectivity index (χ3n) is 3.92. The van der Waals surface area contributed by atoms with Gasteiger partial charge in [-0.15, -0.1) is 0 Å². The predicted octanol–water partition coefficient (Wildman–Crippen LogP) is 3.57. The maximum absolute atomic E-state index is 9.93. The average Bonchev–Trinajstić information content (AvgIpc) is 2.94. The molecule has 0 heterocycles. The van der Waals surface area contributed by atoms with Crippen molar-refractivity contribution in [3.8, 4) is 0 Å². The van der Waals surface area contributed by atoms with Crippen molar-refractivity contribution in [2.45, 2.75) is 119 Å². The van der Waals surface area contributed by atoms with Gasteiger partial charge in [0.2, 0.25) is 0 Å². The van der Waals surface area contributed by atoms with E-state index >= 15 is 0 Å². The Labute approximate surface area is 306 Å². The van der Waals surface area contributed by atoms with Gasteiger partial charge in [0.1, 0.15) is 0 Å². The summed E-state index contributed by atoms with van der Waals surface area (Å²) in [7, 11) is -16.0. The van der Waals surface area contributed by atoms with E-state index in [1.807, 2.05) is 41.5 Å². The fraction of sp³-hybridized carbons (Fsp3) is 1.00. The smallest absolute Gasteiger partial charge is 0.316 e. The van der Waals surface area contributed by atoms with Crippen molar-refractivity contribution in [1.29, 1.82) is 0 Å². The summed E-state index contributed by atoms with van der Waals surface area (Å²) in [6.45, 7) is 17.8. The fourth-order valence-corrected chi connectivity index (χ4v) is 4.00. The van der Waals surface area contributed by atoms with E-state index in [0.717, 1.165) is 38.5 Å². The highest BCUT2D eigenvalue weighted by Gasteiger charge is 2.00. The van der Waals surface area contributed by atoms with Gasteiger partial charge in [0.25, 0.3) is 0 Å². The van der Waals surface area contributed by atoms with Crippen LogP contribution in [0.5, 0.6) is 0 Å². The zero-order valence-electron chi connectivity index (χ0n) is 27.7. The van der Waals surface area contributed by atoms with Gasteiger partial charge in [-0.1, -0.05) is 41.5 Å². The van der Waals surface area contributed by atoms with Gasteiger partial charge >= 0.3 is 49.5 Å². The van der Waals surface area contributed by atoms with Crippen LogP contribution in [0.1, 0.15) is 101 Å². The normalized spacial score (nSPS) is 15.4. The summed E-state index contributed by atoms with van der Waals surface area (Å²) in [4.78, 5) is 48.6. The molecule has 0 fully saturated rings. The molecule has 6 N–H and O–H groups in total. The molecule has 0 aliphatic rings. The Balaban J connectivity index is -0.0000000642. The molecule has 9 unspecified atom stereocenters.